The van der Waals surface area contributed by atoms with Crippen molar-refractivity contribution in [2.45, 2.75) is 18.0 Å². The van der Waals surface area contributed by atoms with E-state index in [0.717, 1.165) is 17.1 Å². The maximum absolute atomic E-state index is 12.1. The smallest absolute Gasteiger partial charge is 0.242 e. The van der Waals surface area contributed by atoms with Crippen molar-refractivity contribution in [3.63, 3.8) is 0 Å². The molecule has 0 saturated heterocycles. The first-order valence-corrected chi connectivity index (χ1v) is 10.2. The first-order chi connectivity index (χ1) is 12.7. The zero-order chi connectivity index (χ0) is 20.0. The molecule has 0 radical (unpaired) electrons. The van der Waals surface area contributed by atoms with Gasteiger partial charge in [-0.1, -0.05) is 35.9 Å². The fraction of sp³-hybridized carbons (Fsp3) is 0.316. The van der Waals surface area contributed by atoms with Crippen LogP contribution in [0.4, 0.5) is 0 Å². The number of nitrogens with one attached hydrogen (secondary N) is 1. The SMILES string of the molecule is CN=C(NCc1ccc(S(=O)(=O)N(C)C)cc1)N(C)Cc1cccc(Cl)c1. The normalized spacial score (nSPS) is 12.3. The Morgan fingerprint density at radius 3 is 2.30 bits per heavy atom. The number of halogens is 1. The van der Waals surface area contributed by atoms with Crippen molar-refractivity contribution in [1.29, 1.82) is 0 Å². The van der Waals surface area contributed by atoms with Gasteiger partial charge >= 0.3 is 0 Å². The van der Waals surface area contributed by atoms with Crippen LogP contribution < -0.4 is 5.32 Å². The van der Waals surface area contributed by atoms with Gasteiger partial charge in [-0.05, 0) is 35.4 Å². The molecule has 2 rings (SSSR count). The Morgan fingerprint density at radius 2 is 1.74 bits per heavy atom. The van der Waals surface area contributed by atoms with Gasteiger partial charge < -0.3 is 10.2 Å². The van der Waals surface area contributed by atoms with Gasteiger partial charge in [0.05, 0.1) is 4.90 Å². The Morgan fingerprint density at radius 1 is 1.07 bits per heavy atom. The van der Waals surface area contributed by atoms with E-state index >= 15 is 0 Å². The first-order valence-electron chi connectivity index (χ1n) is 8.41. The highest BCUT2D eigenvalue weighted by Crippen LogP contribution is 2.14. The number of sulfonamides is 1. The zero-order valence-corrected chi connectivity index (χ0v) is 17.5. The highest BCUT2D eigenvalue weighted by molar-refractivity contribution is 7.89. The lowest BCUT2D eigenvalue weighted by Gasteiger charge is -2.22. The first kappa shape index (κ1) is 21.2. The van der Waals surface area contributed by atoms with Crippen LogP contribution in [0.5, 0.6) is 0 Å². The molecular formula is C19H25ClN4O2S. The number of hydrogen-bond donors (Lipinski definition) is 1. The topological polar surface area (TPSA) is 65.0 Å². The molecule has 0 spiro atoms. The number of nitrogens with zero attached hydrogens (tertiary/aromatic N) is 3. The van der Waals surface area contributed by atoms with E-state index in [-0.39, 0.29) is 4.90 Å². The second-order valence-electron chi connectivity index (χ2n) is 6.32. The van der Waals surface area contributed by atoms with Gasteiger partial charge in [0.2, 0.25) is 10.0 Å². The van der Waals surface area contributed by atoms with E-state index in [1.165, 1.54) is 18.4 Å². The van der Waals surface area contributed by atoms with Gasteiger partial charge in [0.15, 0.2) is 5.96 Å². The average Bonchev–Trinajstić information content (AvgIpc) is 2.62. The van der Waals surface area contributed by atoms with Gasteiger partial charge in [-0.3, -0.25) is 4.99 Å². The molecule has 6 nitrogen and oxygen atoms in total. The summed E-state index contributed by atoms with van der Waals surface area (Å²) in [6, 6.07) is 14.5. The summed E-state index contributed by atoms with van der Waals surface area (Å²) in [6.07, 6.45) is 0. The lowest BCUT2D eigenvalue weighted by Crippen LogP contribution is -2.38. The van der Waals surface area contributed by atoms with Gasteiger partial charge in [-0.2, -0.15) is 0 Å². The second kappa shape index (κ2) is 9.21. The summed E-state index contributed by atoms with van der Waals surface area (Å²) in [5.41, 5.74) is 2.05. The van der Waals surface area contributed by atoms with Gasteiger partial charge in [-0.25, -0.2) is 12.7 Å². The molecule has 0 aromatic heterocycles. The van der Waals surface area contributed by atoms with Crippen LogP contribution in [0, 0.1) is 0 Å². The molecule has 8 heteroatoms. The predicted molar refractivity (Wildman–Crippen MR) is 110 cm³/mol. The zero-order valence-electron chi connectivity index (χ0n) is 16.0. The van der Waals surface area contributed by atoms with Crippen molar-refractivity contribution in [1.82, 2.24) is 14.5 Å². The Bertz CT molecular complexity index is 896. The van der Waals surface area contributed by atoms with Crippen molar-refractivity contribution in [3.8, 4) is 0 Å². The third-order valence-corrected chi connectivity index (χ3v) is 6.10. The monoisotopic (exact) mass is 408 g/mol. The maximum atomic E-state index is 12.1. The quantitative estimate of drug-likeness (QED) is 0.589. The maximum Gasteiger partial charge on any atom is 0.242 e. The lowest BCUT2D eigenvalue weighted by molar-refractivity contribution is 0.476. The molecular weight excluding hydrogens is 384 g/mol. The van der Waals surface area contributed by atoms with Gasteiger partial charge in [0.25, 0.3) is 0 Å². The Kier molecular flexibility index (Phi) is 7.24. The highest BCUT2D eigenvalue weighted by atomic mass is 35.5. The third kappa shape index (κ3) is 5.69. The minimum Gasteiger partial charge on any atom is -0.352 e. The average molecular weight is 409 g/mol. The Balaban J connectivity index is 1.99. The minimum absolute atomic E-state index is 0.277. The molecule has 0 saturated carbocycles. The van der Waals surface area contributed by atoms with E-state index in [2.05, 4.69) is 10.3 Å². The van der Waals surface area contributed by atoms with E-state index in [1.54, 1.807) is 31.3 Å². The fourth-order valence-electron chi connectivity index (χ4n) is 2.54. The molecule has 1 N–H and O–H groups in total. The van der Waals surface area contributed by atoms with Gasteiger partial charge in [0.1, 0.15) is 0 Å². The van der Waals surface area contributed by atoms with Crippen LogP contribution in [0.2, 0.25) is 5.02 Å². The molecule has 2 aromatic rings. The minimum atomic E-state index is -3.41. The Labute approximate surface area is 166 Å². The highest BCUT2D eigenvalue weighted by Gasteiger charge is 2.16. The molecule has 0 fully saturated rings. The molecule has 0 atom stereocenters. The van der Waals surface area contributed by atoms with E-state index in [0.29, 0.717) is 18.1 Å². The fourth-order valence-corrected chi connectivity index (χ4v) is 3.65. The standard InChI is InChI=1S/C19H25ClN4O2S/c1-21-19(24(4)14-16-6-5-7-17(20)12-16)22-13-15-8-10-18(11-9-15)27(25,26)23(2)3/h5-12H,13-14H2,1-4H3,(H,21,22). The summed E-state index contributed by atoms with van der Waals surface area (Å²) < 4.78 is 25.4. The van der Waals surface area contributed by atoms with Crippen LogP contribution in [-0.4, -0.2) is 51.8 Å². The van der Waals surface area contributed by atoms with Crippen LogP contribution in [0.3, 0.4) is 0 Å². The van der Waals surface area contributed by atoms with Crippen LogP contribution in [0.1, 0.15) is 11.1 Å². The molecule has 0 amide bonds. The van der Waals surface area contributed by atoms with Crippen LogP contribution in [0.25, 0.3) is 0 Å². The van der Waals surface area contributed by atoms with Crippen molar-refractivity contribution in [3.05, 3.63) is 64.7 Å². The predicted octanol–water partition coefficient (Wildman–Crippen LogP) is 2.80. The van der Waals surface area contributed by atoms with Crippen molar-refractivity contribution < 1.29 is 8.42 Å². The Hall–Kier alpha value is -2.09. The van der Waals surface area contributed by atoms with E-state index in [9.17, 15) is 8.42 Å². The van der Waals surface area contributed by atoms with Crippen molar-refractivity contribution in [2.24, 2.45) is 4.99 Å². The summed E-state index contributed by atoms with van der Waals surface area (Å²) in [7, 11) is 3.30. The van der Waals surface area contributed by atoms with E-state index in [4.69, 9.17) is 11.6 Å². The molecule has 0 bridgehead atoms. The van der Waals surface area contributed by atoms with Crippen molar-refractivity contribution in [2.75, 3.05) is 28.2 Å². The number of hydrogen-bond acceptors (Lipinski definition) is 3. The van der Waals surface area contributed by atoms with Crippen LogP contribution in [0.15, 0.2) is 58.4 Å². The molecule has 0 aliphatic rings. The lowest BCUT2D eigenvalue weighted by atomic mass is 10.2. The number of aliphatic imine (C=N–C) groups is 1. The summed E-state index contributed by atoms with van der Waals surface area (Å²) in [5.74, 6) is 0.736. The van der Waals surface area contributed by atoms with Gasteiger partial charge in [-0.15, -0.1) is 0 Å². The van der Waals surface area contributed by atoms with Gasteiger partial charge in [0, 0.05) is 46.3 Å². The number of rotatable bonds is 6. The van der Waals surface area contributed by atoms with E-state index < -0.39 is 10.0 Å². The van der Waals surface area contributed by atoms with Crippen LogP contribution in [-0.2, 0) is 23.1 Å². The number of guanidine groups is 1. The summed E-state index contributed by atoms with van der Waals surface area (Å²) >= 11 is 6.04. The second-order valence-corrected chi connectivity index (χ2v) is 8.91. The van der Waals surface area contributed by atoms with Crippen LogP contribution >= 0.6 is 11.6 Å². The molecule has 0 unspecified atom stereocenters. The van der Waals surface area contributed by atoms with Crippen molar-refractivity contribution >= 4 is 27.6 Å². The third-order valence-electron chi connectivity index (χ3n) is 4.03. The summed E-state index contributed by atoms with van der Waals surface area (Å²) in [4.78, 5) is 6.57. The summed E-state index contributed by atoms with van der Waals surface area (Å²) in [6.45, 7) is 1.20. The summed E-state index contributed by atoms with van der Waals surface area (Å²) in [5, 5.41) is 3.99. The molecule has 27 heavy (non-hydrogen) atoms. The molecule has 0 heterocycles. The number of benzene rings is 2. The molecule has 146 valence electrons. The molecule has 0 aliphatic carbocycles. The van der Waals surface area contributed by atoms with E-state index in [1.807, 2.05) is 36.2 Å². The molecule has 0 aliphatic heterocycles. The molecule has 2 aromatic carbocycles. The largest absolute Gasteiger partial charge is 0.352 e.